The molecule has 1 aromatic rings. The van der Waals surface area contributed by atoms with E-state index < -0.39 is 18.2 Å². The van der Waals surface area contributed by atoms with E-state index in [0.717, 1.165) is 23.1 Å². The fourth-order valence-electron chi connectivity index (χ4n) is 4.39. The third kappa shape index (κ3) is 2.09. The summed E-state index contributed by atoms with van der Waals surface area (Å²) in [6.07, 6.45) is -0.323. The molecule has 22 heavy (non-hydrogen) atoms. The largest absolute Gasteiger partial charge is 0.455 e. The summed E-state index contributed by atoms with van der Waals surface area (Å²) in [7, 11) is 0. The number of fused-ring (bicyclic) bond motifs is 1. The molecule has 2 aliphatic rings. The van der Waals surface area contributed by atoms with Gasteiger partial charge in [-0.15, -0.1) is 0 Å². The summed E-state index contributed by atoms with van der Waals surface area (Å²) in [5.41, 5.74) is 3.96. The van der Waals surface area contributed by atoms with Crippen molar-refractivity contribution in [2.75, 3.05) is 6.61 Å². The van der Waals surface area contributed by atoms with Gasteiger partial charge in [-0.1, -0.05) is 32.9 Å². The molecule has 0 spiro atoms. The number of benzene rings is 1. The van der Waals surface area contributed by atoms with E-state index in [4.69, 9.17) is 4.74 Å². The summed E-state index contributed by atoms with van der Waals surface area (Å²) in [6, 6.07) is 4.18. The van der Waals surface area contributed by atoms with Crippen molar-refractivity contribution in [3.8, 4) is 0 Å². The van der Waals surface area contributed by atoms with Crippen LogP contribution < -0.4 is 0 Å². The number of esters is 1. The SMILES string of the molecule is Cc1ccc2c(c1[C@@H]1C[C@@H](O)C(=O)O1)[C@@](C)(CO)CC2(C)C. The van der Waals surface area contributed by atoms with E-state index in [1.807, 2.05) is 6.92 Å². The van der Waals surface area contributed by atoms with E-state index in [1.54, 1.807) is 0 Å². The zero-order valence-electron chi connectivity index (χ0n) is 13.6. The molecule has 0 bridgehead atoms. The maximum Gasteiger partial charge on any atom is 0.335 e. The van der Waals surface area contributed by atoms with Crippen LogP contribution in [0.2, 0.25) is 0 Å². The Morgan fingerprint density at radius 3 is 2.55 bits per heavy atom. The predicted molar refractivity (Wildman–Crippen MR) is 82.7 cm³/mol. The summed E-state index contributed by atoms with van der Waals surface area (Å²) < 4.78 is 5.40. The summed E-state index contributed by atoms with van der Waals surface area (Å²) in [5.74, 6) is -0.551. The second kappa shape index (κ2) is 4.80. The molecule has 2 N–H and O–H groups in total. The first-order chi connectivity index (χ1) is 10.2. The molecule has 0 saturated carbocycles. The molecule has 4 heteroatoms. The van der Waals surface area contributed by atoms with Crippen molar-refractivity contribution in [3.63, 3.8) is 0 Å². The van der Waals surface area contributed by atoms with Gasteiger partial charge in [0, 0.05) is 11.8 Å². The summed E-state index contributed by atoms with van der Waals surface area (Å²) in [4.78, 5) is 11.6. The molecule has 1 aromatic carbocycles. The number of carbonyl (C=O) groups is 1. The van der Waals surface area contributed by atoms with Gasteiger partial charge >= 0.3 is 5.97 Å². The lowest BCUT2D eigenvalue weighted by molar-refractivity contribution is -0.147. The van der Waals surface area contributed by atoms with Gasteiger partial charge in [-0.25, -0.2) is 4.79 Å². The van der Waals surface area contributed by atoms with Gasteiger partial charge in [0.05, 0.1) is 6.61 Å². The second-order valence-electron chi connectivity index (χ2n) is 7.68. The summed E-state index contributed by atoms with van der Waals surface area (Å²) in [6.45, 7) is 8.49. The van der Waals surface area contributed by atoms with Gasteiger partial charge in [0.15, 0.2) is 6.10 Å². The highest BCUT2D eigenvalue weighted by molar-refractivity contribution is 5.77. The highest BCUT2D eigenvalue weighted by Gasteiger charge is 2.48. The van der Waals surface area contributed by atoms with Gasteiger partial charge in [-0.2, -0.15) is 0 Å². The lowest BCUT2D eigenvalue weighted by atomic mass is 9.78. The van der Waals surface area contributed by atoms with E-state index >= 15 is 0 Å². The predicted octanol–water partition coefficient (Wildman–Crippen LogP) is 2.28. The number of aliphatic hydroxyl groups excluding tert-OH is 2. The van der Waals surface area contributed by atoms with Crippen molar-refractivity contribution >= 4 is 5.97 Å². The Morgan fingerprint density at radius 1 is 1.32 bits per heavy atom. The lowest BCUT2D eigenvalue weighted by Gasteiger charge is -2.28. The smallest absolute Gasteiger partial charge is 0.335 e. The first-order valence-corrected chi connectivity index (χ1v) is 7.83. The highest BCUT2D eigenvalue weighted by Crippen LogP contribution is 2.53. The highest BCUT2D eigenvalue weighted by atomic mass is 16.6. The Hall–Kier alpha value is -1.39. The van der Waals surface area contributed by atoms with Crippen LogP contribution in [-0.4, -0.2) is 28.9 Å². The standard InChI is InChI=1S/C18H24O4/c1-10-5-6-11-15(18(4,9-19)8-17(11,2)3)14(10)13-7-12(20)16(21)22-13/h5-6,12-13,19-20H,7-9H2,1-4H3/t12-,13+,18-/m1/s1. The Kier molecular flexibility index (Phi) is 3.38. The monoisotopic (exact) mass is 304 g/mol. The van der Waals surface area contributed by atoms with Crippen LogP contribution in [0.4, 0.5) is 0 Å². The minimum absolute atomic E-state index is 0.0313. The number of hydrogen-bond donors (Lipinski definition) is 2. The maximum absolute atomic E-state index is 11.6. The molecule has 1 saturated heterocycles. The number of hydrogen-bond acceptors (Lipinski definition) is 4. The van der Waals surface area contributed by atoms with E-state index in [2.05, 4.69) is 32.9 Å². The molecule has 3 rings (SSSR count). The Labute approximate surface area is 131 Å². The fourth-order valence-corrected chi connectivity index (χ4v) is 4.39. The van der Waals surface area contributed by atoms with Gasteiger partial charge in [-0.05, 0) is 41.0 Å². The van der Waals surface area contributed by atoms with Crippen LogP contribution in [0.5, 0.6) is 0 Å². The van der Waals surface area contributed by atoms with E-state index in [9.17, 15) is 15.0 Å². The van der Waals surface area contributed by atoms with Crippen LogP contribution in [-0.2, 0) is 20.4 Å². The number of aliphatic hydroxyl groups is 2. The van der Waals surface area contributed by atoms with Crippen LogP contribution in [0, 0.1) is 6.92 Å². The van der Waals surface area contributed by atoms with Gasteiger partial charge < -0.3 is 14.9 Å². The van der Waals surface area contributed by atoms with Crippen molar-refractivity contribution in [3.05, 3.63) is 34.4 Å². The fraction of sp³-hybridized carbons (Fsp3) is 0.611. The normalized spacial score (nSPS) is 32.9. The quantitative estimate of drug-likeness (QED) is 0.823. The van der Waals surface area contributed by atoms with Crippen LogP contribution in [0.1, 0.15) is 62.0 Å². The van der Waals surface area contributed by atoms with E-state index in [-0.39, 0.29) is 23.9 Å². The first-order valence-electron chi connectivity index (χ1n) is 7.83. The van der Waals surface area contributed by atoms with Crippen LogP contribution in [0.25, 0.3) is 0 Å². The van der Waals surface area contributed by atoms with Crippen LogP contribution in [0.15, 0.2) is 12.1 Å². The average molecular weight is 304 g/mol. The lowest BCUT2D eigenvalue weighted by Crippen LogP contribution is -2.27. The molecule has 0 radical (unpaired) electrons. The molecule has 120 valence electrons. The Morgan fingerprint density at radius 2 is 2.00 bits per heavy atom. The van der Waals surface area contributed by atoms with Crippen molar-refractivity contribution < 1.29 is 19.7 Å². The summed E-state index contributed by atoms with van der Waals surface area (Å²) in [5, 5.41) is 19.7. The topological polar surface area (TPSA) is 66.8 Å². The molecule has 4 nitrogen and oxygen atoms in total. The van der Waals surface area contributed by atoms with Crippen molar-refractivity contribution in [2.24, 2.45) is 0 Å². The number of carbonyl (C=O) groups excluding carboxylic acids is 1. The third-order valence-electron chi connectivity index (χ3n) is 5.27. The van der Waals surface area contributed by atoms with Crippen molar-refractivity contribution in [2.45, 2.75) is 63.6 Å². The van der Waals surface area contributed by atoms with Crippen molar-refractivity contribution in [1.29, 1.82) is 0 Å². The van der Waals surface area contributed by atoms with Gasteiger partial charge in [0.25, 0.3) is 0 Å². The molecule has 0 aromatic heterocycles. The Bertz CT molecular complexity index is 634. The number of aryl methyl sites for hydroxylation is 1. The molecule has 1 aliphatic heterocycles. The van der Waals surface area contributed by atoms with Gasteiger partial charge in [-0.3, -0.25) is 0 Å². The van der Waals surface area contributed by atoms with Crippen LogP contribution >= 0.6 is 0 Å². The molecule has 1 fully saturated rings. The second-order valence-corrected chi connectivity index (χ2v) is 7.68. The van der Waals surface area contributed by atoms with Crippen molar-refractivity contribution in [1.82, 2.24) is 0 Å². The Balaban J connectivity index is 2.21. The molecule has 1 aliphatic carbocycles. The number of rotatable bonds is 2. The summed E-state index contributed by atoms with van der Waals surface area (Å²) >= 11 is 0. The molecular formula is C18H24O4. The molecular weight excluding hydrogens is 280 g/mol. The third-order valence-corrected chi connectivity index (χ3v) is 5.27. The molecule has 1 heterocycles. The average Bonchev–Trinajstić information content (AvgIpc) is 2.86. The zero-order valence-corrected chi connectivity index (χ0v) is 13.6. The molecule has 0 unspecified atom stereocenters. The maximum atomic E-state index is 11.6. The van der Waals surface area contributed by atoms with E-state index in [0.29, 0.717) is 0 Å². The number of ether oxygens (including phenoxy) is 1. The molecule has 3 atom stereocenters. The minimum atomic E-state index is -1.05. The van der Waals surface area contributed by atoms with E-state index in [1.165, 1.54) is 5.56 Å². The van der Waals surface area contributed by atoms with Crippen LogP contribution in [0.3, 0.4) is 0 Å². The minimum Gasteiger partial charge on any atom is -0.455 e. The first kappa shape index (κ1) is 15.5. The zero-order chi connectivity index (χ0) is 16.3. The van der Waals surface area contributed by atoms with Gasteiger partial charge in [0.1, 0.15) is 6.10 Å². The van der Waals surface area contributed by atoms with Gasteiger partial charge in [0.2, 0.25) is 0 Å². The number of cyclic esters (lactones) is 1. The molecule has 0 amide bonds.